The molecule has 1 aliphatic carbocycles. The lowest BCUT2D eigenvalue weighted by Gasteiger charge is -2.34. The molecule has 28 heavy (non-hydrogen) atoms. The third kappa shape index (κ3) is 3.49. The fourth-order valence-electron chi connectivity index (χ4n) is 4.16. The molecule has 2 aromatic heterocycles. The van der Waals surface area contributed by atoms with Gasteiger partial charge >= 0.3 is 0 Å². The second-order valence-corrected chi connectivity index (χ2v) is 8.16. The van der Waals surface area contributed by atoms with E-state index >= 15 is 0 Å². The lowest BCUT2D eigenvalue weighted by molar-refractivity contribution is 0.0100. The van der Waals surface area contributed by atoms with Crippen molar-refractivity contribution in [2.24, 2.45) is 0 Å². The second kappa shape index (κ2) is 7.51. The van der Waals surface area contributed by atoms with E-state index in [0.717, 1.165) is 43.0 Å². The first-order valence-electron chi connectivity index (χ1n) is 10.3. The molecule has 0 radical (unpaired) electrons. The number of pyridine rings is 1. The number of unbranched alkanes of at least 4 members (excludes halogenated alkanes) is 1. The second-order valence-electron chi connectivity index (χ2n) is 8.16. The molecular weight excluding hydrogens is 352 g/mol. The first kappa shape index (κ1) is 18.9. The van der Waals surface area contributed by atoms with Gasteiger partial charge in [0.05, 0.1) is 5.60 Å². The molecule has 6 nitrogen and oxygen atoms in total. The van der Waals surface area contributed by atoms with E-state index in [2.05, 4.69) is 17.2 Å². The largest absolute Gasteiger partial charge is 0.390 e. The quantitative estimate of drug-likeness (QED) is 0.516. The molecule has 148 valence electrons. The van der Waals surface area contributed by atoms with Crippen molar-refractivity contribution in [3.05, 3.63) is 40.8 Å². The van der Waals surface area contributed by atoms with Crippen molar-refractivity contribution in [2.45, 2.75) is 64.0 Å². The van der Waals surface area contributed by atoms with Gasteiger partial charge in [0, 0.05) is 29.6 Å². The van der Waals surface area contributed by atoms with Gasteiger partial charge in [0.15, 0.2) is 0 Å². The Morgan fingerprint density at radius 3 is 2.64 bits per heavy atom. The van der Waals surface area contributed by atoms with Crippen LogP contribution in [-0.2, 0) is 0 Å². The predicted octanol–water partition coefficient (Wildman–Crippen LogP) is 4.02. The highest BCUT2D eigenvalue weighted by Crippen LogP contribution is 2.36. The van der Waals surface area contributed by atoms with E-state index in [0.29, 0.717) is 29.8 Å². The zero-order valence-electron chi connectivity index (χ0n) is 16.6. The maximum absolute atomic E-state index is 13.4. The molecule has 2 N–H and O–H groups in total. The topological polar surface area (TPSA) is 80.0 Å². The third-order valence-electron chi connectivity index (χ3n) is 5.87. The highest BCUT2D eigenvalue weighted by atomic mass is 16.3. The van der Waals surface area contributed by atoms with Crippen LogP contribution in [0, 0.1) is 0 Å². The van der Waals surface area contributed by atoms with Crippen molar-refractivity contribution < 1.29 is 5.11 Å². The molecular formula is C22H28N4O2. The Morgan fingerprint density at radius 2 is 1.93 bits per heavy atom. The maximum atomic E-state index is 13.4. The molecule has 4 rings (SSSR count). The SMILES string of the molecule is CCCCNc1ncc2c3ccccc3c(=O)n(C3CCC(C)(O)CC3)c2n1. The van der Waals surface area contributed by atoms with Crippen molar-refractivity contribution in [3.8, 4) is 0 Å². The lowest BCUT2D eigenvalue weighted by Crippen LogP contribution is -2.35. The van der Waals surface area contributed by atoms with Crippen LogP contribution in [0.2, 0.25) is 0 Å². The van der Waals surface area contributed by atoms with Crippen LogP contribution in [0.5, 0.6) is 0 Å². The van der Waals surface area contributed by atoms with Crippen molar-refractivity contribution in [1.29, 1.82) is 0 Å². The molecule has 2 heterocycles. The molecule has 3 aromatic rings. The fraction of sp³-hybridized carbons (Fsp3) is 0.500. The number of fused-ring (bicyclic) bond motifs is 3. The van der Waals surface area contributed by atoms with E-state index < -0.39 is 5.60 Å². The smallest absolute Gasteiger partial charge is 0.260 e. The van der Waals surface area contributed by atoms with Crippen LogP contribution >= 0.6 is 0 Å². The van der Waals surface area contributed by atoms with E-state index in [1.54, 1.807) is 0 Å². The van der Waals surface area contributed by atoms with E-state index in [9.17, 15) is 9.90 Å². The van der Waals surface area contributed by atoms with Gasteiger partial charge in [-0.3, -0.25) is 9.36 Å². The van der Waals surface area contributed by atoms with E-state index in [1.165, 1.54) is 0 Å². The Bertz CT molecular complexity index is 1050. The summed E-state index contributed by atoms with van der Waals surface area (Å²) < 4.78 is 1.85. The summed E-state index contributed by atoms with van der Waals surface area (Å²) in [5, 5.41) is 16.1. The van der Waals surface area contributed by atoms with Crippen LogP contribution in [0.25, 0.3) is 21.8 Å². The average Bonchev–Trinajstić information content (AvgIpc) is 2.69. The minimum absolute atomic E-state index is 0.00662. The highest BCUT2D eigenvalue weighted by Gasteiger charge is 2.31. The lowest BCUT2D eigenvalue weighted by atomic mass is 9.83. The summed E-state index contributed by atoms with van der Waals surface area (Å²) in [5.41, 5.74) is 0.0336. The number of benzene rings is 1. The molecule has 0 aliphatic heterocycles. The zero-order valence-corrected chi connectivity index (χ0v) is 16.6. The summed E-state index contributed by atoms with van der Waals surface area (Å²) in [6.45, 7) is 4.83. The molecule has 1 fully saturated rings. The number of aliphatic hydroxyl groups is 1. The minimum Gasteiger partial charge on any atom is -0.390 e. The molecule has 0 saturated heterocycles. The molecule has 0 spiro atoms. The zero-order chi connectivity index (χ0) is 19.7. The number of hydrogen-bond donors (Lipinski definition) is 2. The van der Waals surface area contributed by atoms with Gasteiger partial charge < -0.3 is 10.4 Å². The molecule has 6 heteroatoms. The minimum atomic E-state index is -0.644. The molecule has 1 saturated carbocycles. The van der Waals surface area contributed by atoms with Gasteiger partial charge in [-0.15, -0.1) is 0 Å². The summed E-state index contributed by atoms with van der Waals surface area (Å²) >= 11 is 0. The van der Waals surface area contributed by atoms with Gasteiger partial charge in [-0.2, -0.15) is 4.98 Å². The van der Waals surface area contributed by atoms with Gasteiger partial charge in [-0.25, -0.2) is 4.98 Å². The van der Waals surface area contributed by atoms with E-state index in [1.807, 2.05) is 42.0 Å². The van der Waals surface area contributed by atoms with Crippen molar-refractivity contribution in [3.63, 3.8) is 0 Å². The Morgan fingerprint density at radius 1 is 1.21 bits per heavy atom. The molecule has 1 aromatic carbocycles. The Labute approximate surface area is 164 Å². The average molecular weight is 380 g/mol. The van der Waals surface area contributed by atoms with Crippen LogP contribution < -0.4 is 10.9 Å². The fourth-order valence-corrected chi connectivity index (χ4v) is 4.16. The van der Waals surface area contributed by atoms with E-state index in [-0.39, 0.29) is 11.6 Å². The summed E-state index contributed by atoms with van der Waals surface area (Å²) in [4.78, 5) is 22.6. The van der Waals surface area contributed by atoms with Crippen LogP contribution in [-0.4, -0.2) is 31.8 Å². The van der Waals surface area contributed by atoms with Gasteiger partial charge in [0.2, 0.25) is 5.95 Å². The standard InChI is InChI=1S/C22H28N4O2/c1-3-4-13-23-21-24-14-18-16-7-5-6-8-17(16)20(27)26(19(18)25-21)15-9-11-22(2,28)12-10-15/h5-8,14-15,28H,3-4,9-13H2,1-2H3,(H,23,24,25). The van der Waals surface area contributed by atoms with Crippen LogP contribution in [0.3, 0.4) is 0 Å². The summed E-state index contributed by atoms with van der Waals surface area (Å²) in [7, 11) is 0. The first-order valence-corrected chi connectivity index (χ1v) is 10.3. The number of anilines is 1. The molecule has 0 amide bonds. The Hall–Kier alpha value is -2.47. The normalized spacial score (nSPS) is 22.6. The summed E-state index contributed by atoms with van der Waals surface area (Å²) in [6.07, 6.45) is 6.87. The number of nitrogens with zero attached hydrogens (tertiary/aromatic N) is 3. The Kier molecular flexibility index (Phi) is 5.06. The number of aromatic nitrogens is 3. The van der Waals surface area contributed by atoms with Crippen molar-refractivity contribution in [1.82, 2.24) is 14.5 Å². The van der Waals surface area contributed by atoms with Gasteiger partial charge in [0.1, 0.15) is 5.65 Å². The van der Waals surface area contributed by atoms with E-state index in [4.69, 9.17) is 4.98 Å². The van der Waals surface area contributed by atoms with Crippen LogP contribution in [0.1, 0.15) is 58.4 Å². The first-order chi connectivity index (χ1) is 13.5. The molecule has 0 unspecified atom stereocenters. The maximum Gasteiger partial charge on any atom is 0.260 e. The molecule has 0 bridgehead atoms. The monoisotopic (exact) mass is 380 g/mol. The van der Waals surface area contributed by atoms with Gasteiger partial charge in [0.25, 0.3) is 5.56 Å². The summed E-state index contributed by atoms with van der Waals surface area (Å²) in [6, 6.07) is 7.71. The third-order valence-corrected chi connectivity index (χ3v) is 5.87. The number of nitrogens with one attached hydrogen (secondary N) is 1. The Balaban J connectivity index is 1.87. The predicted molar refractivity (Wildman–Crippen MR) is 113 cm³/mol. The highest BCUT2D eigenvalue weighted by molar-refractivity contribution is 6.04. The summed E-state index contributed by atoms with van der Waals surface area (Å²) in [5.74, 6) is 0.562. The molecule has 1 aliphatic rings. The van der Waals surface area contributed by atoms with Crippen LogP contribution in [0.15, 0.2) is 35.3 Å². The molecule has 0 atom stereocenters. The van der Waals surface area contributed by atoms with Gasteiger partial charge in [-0.05, 0) is 50.5 Å². The number of rotatable bonds is 5. The number of hydrogen-bond acceptors (Lipinski definition) is 5. The van der Waals surface area contributed by atoms with Crippen molar-refractivity contribution >= 4 is 27.8 Å². The van der Waals surface area contributed by atoms with Crippen LogP contribution in [0.4, 0.5) is 5.95 Å². The van der Waals surface area contributed by atoms with Gasteiger partial charge in [-0.1, -0.05) is 31.5 Å². The van der Waals surface area contributed by atoms with Crippen molar-refractivity contribution in [2.75, 3.05) is 11.9 Å².